The molecule has 16 heavy (non-hydrogen) atoms. The van der Waals surface area contributed by atoms with Crippen molar-refractivity contribution in [2.45, 2.75) is 0 Å². The highest BCUT2D eigenvalue weighted by Crippen LogP contribution is 2.15. The fourth-order valence-electron chi connectivity index (χ4n) is 1.24. The molecule has 0 aliphatic heterocycles. The van der Waals surface area contributed by atoms with Crippen LogP contribution in [0.15, 0.2) is 36.4 Å². The first-order valence-corrected chi connectivity index (χ1v) is 5.15. The van der Waals surface area contributed by atoms with Crippen LogP contribution in [-0.2, 0) is 10.6 Å². The molecule has 0 spiro atoms. The summed E-state index contributed by atoms with van der Waals surface area (Å²) in [5.41, 5.74) is 1.01. The first-order valence-electron chi connectivity index (χ1n) is 4.15. The summed E-state index contributed by atoms with van der Waals surface area (Å²) < 4.78 is 25.3. The number of carbonyl (C=O) groups excluding carboxylic acids is 2. The van der Waals surface area contributed by atoms with Gasteiger partial charge >= 0.3 is 10.6 Å². The van der Waals surface area contributed by atoms with E-state index in [1.807, 2.05) is 0 Å². The number of ketones is 2. The molecule has 1 aromatic rings. The van der Waals surface area contributed by atoms with Crippen LogP contribution in [0.3, 0.4) is 0 Å². The Bertz CT molecular complexity index is 524. The summed E-state index contributed by atoms with van der Waals surface area (Å²) in [6.45, 7) is 0. The van der Waals surface area contributed by atoms with Gasteiger partial charge in [-0.25, -0.2) is 0 Å². The van der Waals surface area contributed by atoms with Crippen molar-refractivity contribution in [3.8, 4) is 0 Å². The highest BCUT2D eigenvalue weighted by atomic mass is 32.2. The van der Waals surface area contributed by atoms with Gasteiger partial charge in [-0.05, 0) is 12.2 Å². The Kier molecular flexibility index (Phi) is 3.84. The molecule has 0 saturated heterocycles. The fourth-order valence-corrected chi connectivity index (χ4v) is 1.24. The minimum absolute atomic E-state index is 0.0924. The largest absolute Gasteiger partial charge is 0.425 e. The van der Waals surface area contributed by atoms with Crippen molar-refractivity contribution in [2.75, 3.05) is 0 Å². The van der Waals surface area contributed by atoms with Crippen molar-refractivity contribution >= 4 is 22.2 Å². The standard InChI is InChI=1S/C10H6O2.O3S/c11-9-5-6-10(12)8-4-2-1-3-7(8)9;1-4(2)3/h1-6H;. The first kappa shape index (κ1) is 12.0. The van der Waals surface area contributed by atoms with E-state index in [-0.39, 0.29) is 11.6 Å². The quantitative estimate of drug-likeness (QED) is 0.661. The summed E-state index contributed by atoms with van der Waals surface area (Å²) in [6, 6.07) is 6.84. The van der Waals surface area contributed by atoms with Gasteiger partial charge in [-0.2, -0.15) is 0 Å². The van der Waals surface area contributed by atoms with Crippen molar-refractivity contribution in [3.05, 3.63) is 47.5 Å². The summed E-state index contributed by atoms with van der Waals surface area (Å²) in [4.78, 5) is 22.4. The van der Waals surface area contributed by atoms with E-state index in [9.17, 15) is 9.59 Å². The van der Waals surface area contributed by atoms with E-state index in [0.29, 0.717) is 11.1 Å². The fraction of sp³-hybridized carbons (Fsp3) is 0. The first-order chi connectivity index (χ1) is 7.52. The minimum Gasteiger partial charge on any atom is -0.289 e. The van der Waals surface area contributed by atoms with Gasteiger partial charge in [0, 0.05) is 11.1 Å². The highest BCUT2D eigenvalue weighted by Gasteiger charge is 2.16. The summed E-state index contributed by atoms with van der Waals surface area (Å²) in [6.07, 6.45) is 2.62. The Morgan fingerprint density at radius 1 is 0.750 bits per heavy atom. The van der Waals surface area contributed by atoms with Crippen LogP contribution >= 0.6 is 0 Å². The lowest BCUT2D eigenvalue weighted by atomic mass is 9.95. The molecule has 0 unspecified atom stereocenters. The van der Waals surface area contributed by atoms with Crippen LogP contribution in [0.5, 0.6) is 0 Å². The van der Waals surface area contributed by atoms with Crippen molar-refractivity contribution in [3.63, 3.8) is 0 Å². The molecule has 0 fully saturated rings. The lowest BCUT2D eigenvalue weighted by Crippen LogP contribution is -2.10. The van der Waals surface area contributed by atoms with Crippen molar-refractivity contribution in [2.24, 2.45) is 0 Å². The summed E-state index contributed by atoms with van der Waals surface area (Å²) >= 11 is 0. The molecule has 5 nitrogen and oxygen atoms in total. The van der Waals surface area contributed by atoms with Crippen LogP contribution in [0.25, 0.3) is 0 Å². The molecule has 2 rings (SSSR count). The Morgan fingerprint density at radius 2 is 1.06 bits per heavy atom. The van der Waals surface area contributed by atoms with Crippen LogP contribution in [0, 0.1) is 0 Å². The molecular formula is C10H6O5S. The predicted octanol–water partition coefficient (Wildman–Crippen LogP) is 0.618. The number of rotatable bonds is 0. The molecule has 0 atom stereocenters. The van der Waals surface area contributed by atoms with Gasteiger partial charge in [-0.15, -0.1) is 12.6 Å². The van der Waals surface area contributed by atoms with Gasteiger partial charge < -0.3 is 0 Å². The number of carbonyl (C=O) groups is 2. The predicted molar refractivity (Wildman–Crippen MR) is 53.9 cm³/mol. The molecule has 0 heterocycles. The summed E-state index contributed by atoms with van der Waals surface area (Å²) in [5.74, 6) is -0.185. The van der Waals surface area contributed by atoms with Crippen molar-refractivity contribution < 1.29 is 22.2 Å². The summed E-state index contributed by atoms with van der Waals surface area (Å²) in [7, 11) is -3.11. The van der Waals surface area contributed by atoms with E-state index in [2.05, 4.69) is 0 Å². The molecule has 6 heteroatoms. The third-order valence-electron chi connectivity index (χ3n) is 1.84. The van der Waals surface area contributed by atoms with Crippen molar-refractivity contribution in [1.82, 2.24) is 0 Å². The molecule has 0 saturated carbocycles. The van der Waals surface area contributed by atoms with Crippen LogP contribution in [0.2, 0.25) is 0 Å². The van der Waals surface area contributed by atoms with Gasteiger partial charge in [0.1, 0.15) is 0 Å². The molecule has 0 N–H and O–H groups in total. The molecule has 82 valence electrons. The van der Waals surface area contributed by atoms with Gasteiger partial charge in [0.15, 0.2) is 11.6 Å². The van der Waals surface area contributed by atoms with E-state index < -0.39 is 10.6 Å². The van der Waals surface area contributed by atoms with E-state index in [4.69, 9.17) is 12.6 Å². The maximum Gasteiger partial charge on any atom is 0.425 e. The van der Waals surface area contributed by atoms with E-state index in [1.54, 1.807) is 24.3 Å². The molecule has 1 aliphatic carbocycles. The zero-order valence-corrected chi connectivity index (χ0v) is 8.73. The van der Waals surface area contributed by atoms with Crippen LogP contribution in [0.1, 0.15) is 20.7 Å². The van der Waals surface area contributed by atoms with Gasteiger partial charge in [0.2, 0.25) is 0 Å². The van der Waals surface area contributed by atoms with Crippen LogP contribution in [-0.4, -0.2) is 24.2 Å². The molecule has 1 aliphatic rings. The maximum atomic E-state index is 11.2. The number of hydrogen-bond donors (Lipinski definition) is 0. The Labute approximate surface area is 92.5 Å². The van der Waals surface area contributed by atoms with Gasteiger partial charge in [0.25, 0.3) is 0 Å². The third-order valence-corrected chi connectivity index (χ3v) is 1.84. The number of fused-ring (bicyclic) bond motifs is 1. The molecule has 0 bridgehead atoms. The zero-order chi connectivity index (χ0) is 12.1. The second-order valence-electron chi connectivity index (χ2n) is 2.81. The highest BCUT2D eigenvalue weighted by molar-refractivity contribution is 7.59. The van der Waals surface area contributed by atoms with Gasteiger partial charge in [-0.1, -0.05) is 24.3 Å². The number of hydrogen-bond acceptors (Lipinski definition) is 5. The average Bonchev–Trinajstić information content (AvgIpc) is 2.23. The maximum absolute atomic E-state index is 11.2. The van der Waals surface area contributed by atoms with Crippen LogP contribution in [0.4, 0.5) is 0 Å². The molecule has 0 amide bonds. The van der Waals surface area contributed by atoms with Crippen molar-refractivity contribution in [1.29, 1.82) is 0 Å². The minimum atomic E-state index is -3.11. The monoisotopic (exact) mass is 238 g/mol. The molecule has 0 radical (unpaired) electrons. The van der Waals surface area contributed by atoms with Gasteiger partial charge in [-0.3, -0.25) is 9.59 Å². The molecular weight excluding hydrogens is 232 g/mol. The second-order valence-corrected chi connectivity index (χ2v) is 3.22. The second kappa shape index (κ2) is 5.13. The SMILES string of the molecule is O=C1C=CC(=O)c2ccccc21.O=S(=O)=O. The van der Waals surface area contributed by atoms with Crippen LogP contribution < -0.4 is 0 Å². The van der Waals surface area contributed by atoms with Gasteiger partial charge in [0.05, 0.1) is 0 Å². The Morgan fingerprint density at radius 3 is 1.38 bits per heavy atom. The number of allylic oxidation sites excluding steroid dienone is 2. The smallest absolute Gasteiger partial charge is 0.289 e. The summed E-state index contributed by atoms with van der Waals surface area (Å²) in [5, 5.41) is 0. The molecule has 0 aromatic heterocycles. The molecule has 1 aromatic carbocycles. The normalized spacial score (nSPS) is 12.5. The van der Waals surface area contributed by atoms with E-state index in [1.165, 1.54) is 12.2 Å². The zero-order valence-electron chi connectivity index (χ0n) is 7.91. The van der Waals surface area contributed by atoms with E-state index in [0.717, 1.165) is 0 Å². The lowest BCUT2D eigenvalue weighted by molar-refractivity contribution is 0.0994. The number of benzene rings is 1. The topological polar surface area (TPSA) is 85.3 Å². The third kappa shape index (κ3) is 2.96. The Hall–Kier alpha value is -2.08. The lowest BCUT2D eigenvalue weighted by Gasteiger charge is -2.06. The van der Waals surface area contributed by atoms with E-state index >= 15 is 0 Å². The average molecular weight is 238 g/mol. The Balaban J connectivity index is 0.000000280.